The quantitative estimate of drug-likeness (QED) is 0.338. The van der Waals surface area contributed by atoms with Gasteiger partial charge < -0.3 is 14.5 Å². The number of hydrogen-bond acceptors (Lipinski definition) is 8. The Morgan fingerprint density at radius 2 is 1.92 bits per heavy atom. The maximum absolute atomic E-state index is 13.7. The summed E-state index contributed by atoms with van der Waals surface area (Å²) in [6.07, 6.45) is 5.27. The highest BCUT2D eigenvalue weighted by Gasteiger charge is 2.35. The van der Waals surface area contributed by atoms with E-state index in [1.165, 1.54) is 16.2 Å². The number of hydrogen-bond donors (Lipinski definition) is 0. The summed E-state index contributed by atoms with van der Waals surface area (Å²) in [5.74, 6) is 0.390. The fourth-order valence-electron chi connectivity index (χ4n) is 5.09. The third-order valence-corrected chi connectivity index (χ3v) is 8.67. The topological polar surface area (TPSA) is 70.4 Å². The van der Waals surface area contributed by atoms with E-state index in [4.69, 9.17) is 33.5 Å². The van der Waals surface area contributed by atoms with E-state index >= 15 is 0 Å². The fourth-order valence-corrected chi connectivity index (χ4v) is 6.53. The van der Waals surface area contributed by atoms with Gasteiger partial charge in [-0.2, -0.15) is 0 Å². The van der Waals surface area contributed by atoms with Crippen molar-refractivity contribution in [3.8, 4) is 0 Å². The van der Waals surface area contributed by atoms with E-state index < -0.39 is 0 Å². The van der Waals surface area contributed by atoms with Gasteiger partial charge in [-0.05, 0) is 49.2 Å². The largest absolute Gasteiger partial charge is 0.376 e. The Morgan fingerprint density at radius 1 is 1.11 bits per heavy atom. The van der Waals surface area contributed by atoms with Crippen LogP contribution in [0.2, 0.25) is 5.02 Å². The van der Waals surface area contributed by atoms with Crippen LogP contribution in [0, 0.1) is 0 Å². The average Bonchev–Trinajstić information content (AvgIpc) is 3.54. The predicted molar refractivity (Wildman–Crippen MR) is 156 cm³/mol. The van der Waals surface area contributed by atoms with E-state index in [9.17, 15) is 9.59 Å². The van der Waals surface area contributed by atoms with Crippen molar-refractivity contribution in [3.05, 3.63) is 74.5 Å². The molecule has 3 fully saturated rings. The predicted octanol–water partition coefficient (Wildman–Crippen LogP) is 4.05. The maximum atomic E-state index is 13.7. The number of carbonyl (C=O) groups excluding carboxylic acids is 1. The minimum Gasteiger partial charge on any atom is -0.376 e. The Hall–Kier alpha value is -2.92. The third kappa shape index (κ3) is 4.93. The van der Waals surface area contributed by atoms with Crippen molar-refractivity contribution in [1.82, 2.24) is 14.3 Å². The molecule has 3 saturated heterocycles. The lowest BCUT2D eigenvalue weighted by Crippen LogP contribution is -2.47. The van der Waals surface area contributed by atoms with Gasteiger partial charge in [-0.25, -0.2) is 4.98 Å². The van der Waals surface area contributed by atoms with E-state index in [1.807, 2.05) is 36.4 Å². The third-order valence-electron chi connectivity index (χ3n) is 7.06. The molecule has 0 radical (unpaired) electrons. The number of anilines is 2. The molecule has 0 unspecified atom stereocenters. The highest BCUT2D eigenvalue weighted by atomic mass is 35.5. The number of aromatic nitrogens is 2. The molecule has 196 valence electrons. The average molecular weight is 568 g/mol. The number of benzene rings is 1. The number of piperazine rings is 1. The van der Waals surface area contributed by atoms with Crippen LogP contribution >= 0.6 is 35.6 Å². The monoisotopic (exact) mass is 567 g/mol. The lowest BCUT2D eigenvalue weighted by Gasteiger charge is -2.37. The minimum absolute atomic E-state index is 0.00355. The number of ether oxygens (including phenoxy) is 1. The second kappa shape index (κ2) is 10.7. The van der Waals surface area contributed by atoms with E-state index in [1.54, 1.807) is 23.2 Å². The molecular formula is C27H26ClN5O3S2. The molecule has 0 N–H and O–H groups in total. The molecule has 0 bridgehead atoms. The summed E-state index contributed by atoms with van der Waals surface area (Å²) < 4.78 is 7.72. The van der Waals surface area contributed by atoms with Gasteiger partial charge in [0, 0.05) is 49.7 Å². The summed E-state index contributed by atoms with van der Waals surface area (Å²) in [5, 5.41) is 0.702. The van der Waals surface area contributed by atoms with Crippen LogP contribution in [0.4, 0.5) is 11.5 Å². The molecule has 1 atom stereocenters. The Morgan fingerprint density at radius 3 is 2.68 bits per heavy atom. The first-order valence-corrected chi connectivity index (χ1v) is 14.2. The zero-order valence-corrected chi connectivity index (χ0v) is 23.0. The van der Waals surface area contributed by atoms with Crippen LogP contribution in [0.25, 0.3) is 11.7 Å². The first-order chi connectivity index (χ1) is 18.5. The molecule has 3 aromatic rings. The standard InChI is InChI=1S/C27H26ClN5O3S2/c28-18-5-3-6-19(15-18)30-10-12-31(13-11-30)24-21(25(34)32-9-2-1-8-23(32)29-24)16-22-26(35)33(27(37)38-22)17-20-7-4-14-36-20/h1-3,5-6,8-9,15-16,20H,4,7,10-14,17H2/b22-16-/t20-/m1/s1. The van der Waals surface area contributed by atoms with Gasteiger partial charge in [-0.1, -0.05) is 47.7 Å². The molecule has 0 aliphatic carbocycles. The molecule has 8 nitrogen and oxygen atoms in total. The lowest BCUT2D eigenvalue weighted by atomic mass is 10.2. The fraction of sp³-hybridized carbons (Fsp3) is 0.333. The van der Waals surface area contributed by atoms with Crippen molar-refractivity contribution in [2.75, 3.05) is 49.1 Å². The van der Waals surface area contributed by atoms with Gasteiger partial charge >= 0.3 is 0 Å². The summed E-state index contributed by atoms with van der Waals surface area (Å²) in [6.45, 7) is 3.99. The van der Waals surface area contributed by atoms with E-state index in [0.29, 0.717) is 57.5 Å². The molecule has 38 heavy (non-hydrogen) atoms. The molecule has 0 spiro atoms. The Bertz CT molecular complexity index is 1500. The van der Waals surface area contributed by atoms with Crippen molar-refractivity contribution < 1.29 is 9.53 Å². The van der Waals surface area contributed by atoms with E-state index in [2.05, 4.69) is 9.80 Å². The first kappa shape index (κ1) is 25.4. The summed E-state index contributed by atoms with van der Waals surface area (Å²) in [7, 11) is 0. The SMILES string of the molecule is O=C1/C(=C/c2c(N3CCN(c4cccc(Cl)c4)CC3)nc3ccccn3c2=O)SC(=S)N1C[C@H]1CCCO1. The maximum Gasteiger partial charge on any atom is 0.267 e. The van der Waals surface area contributed by atoms with Gasteiger partial charge in [0.25, 0.3) is 11.5 Å². The summed E-state index contributed by atoms with van der Waals surface area (Å²) >= 11 is 13.0. The van der Waals surface area contributed by atoms with Crippen molar-refractivity contribution in [2.45, 2.75) is 18.9 Å². The Balaban J connectivity index is 1.32. The number of fused-ring (bicyclic) bond motifs is 1. The molecule has 1 aromatic carbocycles. The Kier molecular flexibility index (Phi) is 7.13. The van der Waals surface area contributed by atoms with Gasteiger partial charge in [-0.3, -0.25) is 18.9 Å². The molecular weight excluding hydrogens is 542 g/mol. The summed E-state index contributed by atoms with van der Waals surface area (Å²) in [6, 6.07) is 13.3. The molecule has 2 aromatic heterocycles. The van der Waals surface area contributed by atoms with Crippen molar-refractivity contribution in [3.63, 3.8) is 0 Å². The lowest BCUT2D eigenvalue weighted by molar-refractivity contribution is -0.123. The number of rotatable bonds is 5. The number of nitrogens with zero attached hydrogens (tertiary/aromatic N) is 5. The number of halogens is 1. The number of thiocarbonyl (C=S) groups is 1. The van der Waals surface area contributed by atoms with Gasteiger partial charge in [0.2, 0.25) is 0 Å². The van der Waals surface area contributed by atoms with Crippen molar-refractivity contribution >= 4 is 69.0 Å². The van der Waals surface area contributed by atoms with Gasteiger partial charge in [0.05, 0.1) is 23.1 Å². The molecule has 0 saturated carbocycles. The first-order valence-electron chi connectivity index (χ1n) is 12.6. The van der Waals surface area contributed by atoms with Crippen molar-refractivity contribution in [2.24, 2.45) is 0 Å². The van der Waals surface area contributed by atoms with Crippen molar-refractivity contribution in [1.29, 1.82) is 0 Å². The summed E-state index contributed by atoms with van der Waals surface area (Å²) in [5.41, 5.74) is 1.81. The van der Waals surface area contributed by atoms with Crippen LogP contribution < -0.4 is 15.4 Å². The van der Waals surface area contributed by atoms with Crippen LogP contribution in [0.5, 0.6) is 0 Å². The second-order valence-corrected chi connectivity index (χ2v) is 11.6. The molecule has 6 rings (SSSR count). The smallest absolute Gasteiger partial charge is 0.267 e. The summed E-state index contributed by atoms with van der Waals surface area (Å²) in [4.78, 5) is 38.3. The van der Waals surface area contributed by atoms with Gasteiger partial charge in [0.15, 0.2) is 0 Å². The zero-order valence-electron chi connectivity index (χ0n) is 20.6. The Labute approximate surface area is 234 Å². The second-order valence-electron chi connectivity index (χ2n) is 9.46. The highest BCUT2D eigenvalue weighted by Crippen LogP contribution is 2.34. The number of thioether (sulfide) groups is 1. The number of carbonyl (C=O) groups is 1. The molecule has 11 heteroatoms. The normalized spacial score (nSPS) is 21.3. The van der Waals surface area contributed by atoms with Crippen LogP contribution in [0.3, 0.4) is 0 Å². The molecule has 3 aliphatic rings. The number of pyridine rings is 1. The van der Waals surface area contributed by atoms with Crippen LogP contribution in [-0.2, 0) is 9.53 Å². The molecule has 3 aliphatic heterocycles. The molecule has 1 amide bonds. The molecule has 5 heterocycles. The van der Waals surface area contributed by atoms with Crippen LogP contribution in [0.15, 0.2) is 58.4 Å². The minimum atomic E-state index is -0.215. The van der Waals surface area contributed by atoms with Crippen LogP contribution in [0.1, 0.15) is 18.4 Å². The van der Waals surface area contributed by atoms with Gasteiger partial charge in [0.1, 0.15) is 15.8 Å². The zero-order chi connectivity index (χ0) is 26.2. The number of amides is 1. The highest BCUT2D eigenvalue weighted by molar-refractivity contribution is 8.26. The van der Waals surface area contributed by atoms with Crippen LogP contribution in [-0.4, -0.2) is 69.9 Å². The van der Waals surface area contributed by atoms with E-state index in [-0.39, 0.29) is 17.6 Å². The van der Waals surface area contributed by atoms with Gasteiger partial charge in [-0.15, -0.1) is 0 Å². The van der Waals surface area contributed by atoms with E-state index in [0.717, 1.165) is 31.6 Å².